The number of alkyl halides is 1. The molecule has 0 aliphatic heterocycles. The lowest BCUT2D eigenvalue weighted by atomic mass is 10.3. The van der Waals surface area contributed by atoms with Crippen LogP contribution in [0.5, 0.6) is 5.75 Å². The molecule has 6 heteroatoms. The molecule has 0 atom stereocenters. The first-order valence-electron chi connectivity index (χ1n) is 6.40. The molecule has 0 fully saturated rings. The van der Waals surface area contributed by atoms with Gasteiger partial charge >= 0.3 is 0 Å². The first kappa shape index (κ1) is 16.8. The average Bonchev–Trinajstić information content (AvgIpc) is 2.39. The Balaban J connectivity index is 2.53. The van der Waals surface area contributed by atoms with E-state index >= 15 is 0 Å². The van der Waals surface area contributed by atoms with Crippen LogP contribution in [0.1, 0.15) is 25.3 Å². The summed E-state index contributed by atoms with van der Waals surface area (Å²) >= 11 is 5.54. The third kappa shape index (κ3) is 6.78. The Hall–Kier alpha value is -1.25. The van der Waals surface area contributed by atoms with Crippen molar-refractivity contribution in [2.75, 3.05) is 24.0 Å². The van der Waals surface area contributed by atoms with Crippen LogP contribution in [0, 0.1) is 11.8 Å². The van der Waals surface area contributed by atoms with Crippen molar-refractivity contribution < 1.29 is 13.2 Å². The molecule has 1 aromatic heterocycles. The topological polar surface area (TPSA) is 56.3 Å². The first-order chi connectivity index (χ1) is 9.57. The van der Waals surface area contributed by atoms with Gasteiger partial charge in [-0.05, 0) is 12.5 Å². The van der Waals surface area contributed by atoms with E-state index in [-0.39, 0.29) is 18.1 Å². The summed E-state index contributed by atoms with van der Waals surface area (Å²) in [5.74, 6) is 7.04. The van der Waals surface area contributed by atoms with Crippen molar-refractivity contribution in [3.8, 4) is 17.6 Å². The van der Waals surface area contributed by atoms with Gasteiger partial charge in [0.1, 0.15) is 12.4 Å². The van der Waals surface area contributed by atoms with Crippen LogP contribution in [0.4, 0.5) is 0 Å². The Morgan fingerprint density at radius 2 is 2.15 bits per heavy atom. The molecule has 0 unspecified atom stereocenters. The van der Waals surface area contributed by atoms with E-state index in [2.05, 4.69) is 16.8 Å². The van der Waals surface area contributed by atoms with Gasteiger partial charge in [-0.1, -0.05) is 18.8 Å². The second-order valence-electron chi connectivity index (χ2n) is 4.15. The van der Waals surface area contributed by atoms with E-state index in [1.807, 2.05) is 6.92 Å². The fourth-order valence-electron chi connectivity index (χ4n) is 1.48. The molecule has 0 amide bonds. The molecule has 1 rings (SSSR count). The highest BCUT2D eigenvalue weighted by Gasteiger charge is 2.09. The van der Waals surface area contributed by atoms with Crippen LogP contribution in [0.15, 0.2) is 18.5 Å². The molecule has 0 radical (unpaired) electrons. The highest BCUT2D eigenvalue weighted by molar-refractivity contribution is 7.91. The molecule has 0 aliphatic rings. The van der Waals surface area contributed by atoms with Crippen LogP contribution in [0.25, 0.3) is 0 Å². The molecule has 0 bridgehead atoms. The standard InChI is InChI=1S/C14H18ClNO3S/c1-2-8-20(17,18)9-7-19-14-10-13(11-16-12-14)5-3-4-6-15/h10-12H,2,4,6-9H2,1H3. The van der Waals surface area contributed by atoms with E-state index in [1.165, 1.54) is 0 Å². The van der Waals surface area contributed by atoms with Gasteiger partial charge in [0.05, 0.1) is 17.7 Å². The number of hydrogen-bond acceptors (Lipinski definition) is 4. The van der Waals surface area contributed by atoms with Gasteiger partial charge in [0.25, 0.3) is 0 Å². The Labute approximate surface area is 125 Å². The van der Waals surface area contributed by atoms with Crippen LogP contribution in [0.3, 0.4) is 0 Å². The van der Waals surface area contributed by atoms with Crippen molar-refractivity contribution in [3.63, 3.8) is 0 Å². The van der Waals surface area contributed by atoms with Gasteiger partial charge in [-0.15, -0.1) is 11.6 Å². The minimum Gasteiger partial charge on any atom is -0.491 e. The Morgan fingerprint density at radius 3 is 2.85 bits per heavy atom. The normalized spacial score (nSPS) is 10.7. The molecule has 0 aromatic carbocycles. The van der Waals surface area contributed by atoms with E-state index < -0.39 is 9.84 Å². The Morgan fingerprint density at radius 1 is 1.35 bits per heavy atom. The highest BCUT2D eigenvalue weighted by atomic mass is 35.5. The molecular weight excluding hydrogens is 298 g/mol. The van der Waals surface area contributed by atoms with Gasteiger partial charge in [0.2, 0.25) is 0 Å². The first-order valence-corrected chi connectivity index (χ1v) is 8.76. The van der Waals surface area contributed by atoms with E-state index in [0.717, 1.165) is 5.56 Å². The van der Waals surface area contributed by atoms with Gasteiger partial charge in [-0.2, -0.15) is 0 Å². The van der Waals surface area contributed by atoms with Gasteiger partial charge < -0.3 is 4.74 Å². The van der Waals surface area contributed by atoms with Crippen LogP contribution in [-0.2, 0) is 9.84 Å². The van der Waals surface area contributed by atoms with Gasteiger partial charge in [0, 0.05) is 24.1 Å². The highest BCUT2D eigenvalue weighted by Crippen LogP contribution is 2.10. The summed E-state index contributed by atoms with van der Waals surface area (Å²) in [5, 5.41) is 0. The van der Waals surface area contributed by atoms with Crippen molar-refractivity contribution in [2.45, 2.75) is 19.8 Å². The van der Waals surface area contributed by atoms with Crippen molar-refractivity contribution in [1.29, 1.82) is 0 Å². The maximum atomic E-state index is 11.5. The molecular formula is C14H18ClNO3S. The van der Waals surface area contributed by atoms with Gasteiger partial charge in [0.15, 0.2) is 9.84 Å². The summed E-state index contributed by atoms with van der Waals surface area (Å²) in [4.78, 5) is 4.00. The van der Waals surface area contributed by atoms with Crippen LogP contribution in [0.2, 0.25) is 0 Å². The summed E-state index contributed by atoms with van der Waals surface area (Å²) in [6, 6.07) is 1.74. The second kappa shape index (κ2) is 8.83. The number of nitrogens with zero attached hydrogens (tertiary/aromatic N) is 1. The minimum atomic E-state index is -3.02. The Kier molecular flexibility index (Phi) is 7.42. The van der Waals surface area contributed by atoms with E-state index in [9.17, 15) is 8.42 Å². The van der Waals surface area contributed by atoms with E-state index in [1.54, 1.807) is 18.5 Å². The Bertz CT molecular complexity index is 576. The van der Waals surface area contributed by atoms with E-state index in [0.29, 0.717) is 24.5 Å². The average molecular weight is 316 g/mol. The number of sulfone groups is 1. The summed E-state index contributed by atoms with van der Waals surface area (Å²) in [6.45, 7) is 1.97. The summed E-state index contributed by atoms with van der Waals surface area (Å²) < 4.78 is 28.5. The molecule has 0 saturated heterocycles. The predicted octanol–water partition coefficient (Wildman–Crippen LogP) is 2.27. The smallest absolute Gasteiger partial charge is 0.153 e. The largest absolute Gasteiger partial charge is 0.491 e. The number of aromatic nitrogens is 1. The van der Waals surface area contributed by atoms with Crippen molar-refractivity contribution in [1.82, 2.24) is 4.98 Å². The third-order valence-electron chi connectivity index (χ3n) is 2.34. The molecule has 0 spiro atoms. The van der Waals surface area contributed by atoms with Crippen molar-refractivity contribution in [3.05, 3.63) is 24.0 Å². The molecule has 0 saturated carbocycles. The quantitative estimate of drug-likeness (QED) is 0.572. The third-order valence-corrected chi connectivity index (χ3v) is 4.35. The SMILES string of the molecule is CCCS(=O)(=O)CCOc1cncc(C#CCCCl)c1. The van der Waals surface area contributed by atoms with Gasteiger partial charge in [-0.25, -0.2) is 8.42 Å². The van der Waals surface area contributed by atoms with Crippen LogP contribution < -0.4 is 4.74 Å². The molecule has 110 valence electrons. The number of halogens is 1. The number of pyridine rings is 1. The fraction of sp³-hybridized carbons (Fsp3) is 0.500. The number of rotatable bonds is 7. The monoisotopic (exact) mass is 315 g/mol. The maximum absolute atomic E-state index is 11.5. The predicted molar refractivity (Wildman–Crippen MR) is 80.9 cm³/mol. The number of hydrogen-bond donors (Lipinski definition) is 0. The van der Waals surface area contributed by atoms with Crippen molar-refractivity contribution in [2.24, 2.45) is 0 Å². The number of ether oxygens (including phenoxy) is 1. The molecule has 1 heterocycles. The molecule has 4 nitrogen and oxygen atoms in total. The lowest BCUT2D eigenvalue weighted by Crippen LogP contribution is -2.16. The lowest BCUT2D eigenvalue weighted by molar-refractivity contribution is 0.339. The van der Waals surface area contributed by atoms with E-state index in [4.69, 9.17) is 16.3 Å². The summed E-state index contributed by atoms with van der Waals surface area (Å²) in [6.07, 6.45) is 4.40. The fourth-order valence-corrected chi connectivity index (χ4v) is 2.74. The zero-order valence-electron chi connectivity index (χ0n) is 11.4. The lowest BCUT2D eigenvalue weighted by Gasteiger charge is -2.06. The molecule has 0 aliphatic carbocycles. The van der Waals surface area contributed by atoms with Crippen molar-refractivity contribution >= 4 is 21.4 Å². The zero-order chi connectivity index (χ0) is 14.8. The summed E-state index contributed by atoms with van der Waals surface area (Å²) in [7, 11) is -3.02. The van der Waals surface area contributed by atoms with Crippen LogP contribution in [-0.4, -0.2) is 37.4 Å². The second-order valence-corrected chi connectivity index (χ2v) is 6.83. The molecule has 20 heavy (non-hydrogen) atoms. The molecule has 0 N–H and O–H groups in total. The van der Waals surface area contributed by atoms with Gasteiger partial charge in [-0.3, -0.25) is 4.98 Å². The molecule has 1 aromatic rings. The van der Waals surface area contributed by atoms with Crippen LogP contribution >= 0.6 is 11.6 Å². The zero-order valence-corrected chi connectivity index (χ0v) is 13.0. The minimum absolute atomic E-state index is 0.0169. The maximum Gasteiger partial charge on any atom is 0.153 e. The summed E-state index contributed by atoms with van der Waals surface area (Å²) in [5.41, 5.74) is 0.726.